The molecule has 1 aromatic rings. The van der Waals surface area contributed by atoms with E-state index in [9.17, 15) is 14.7 Å². The Balaban J connectivity index is 1.74. The largest absolute Gasteiger partial charge is 0.389 e. The second-order valence-corrected chi connectivity index (χ2v) is 6.96. The zero-order chi connectivity index (χ0) is 19.2. The topological polar surface area (TPSA) is 101 Å². The van der Waals surface area contributed by atoms with Crippen LogP contribution in [0.3, 0.4) is 0 Å². The van der Waals surface area contributed by atoms with E-state index in [1.54, 1.807) is 29.3 Å². The van der Waals surface area contributed by atoms with Crippen molar-refractivity contribution in [1.29, 1.82) is 0 Å². The molecule has 4 atom stereocenters. The molecule has 2 aliphatic heterocycles. The number of hydrogen-bond donors (Lipinski definition) is 2. The number of carbonyl (C=O) groups is 2. The Morgan fingerprint density at radius 3 is 2.93 bits per heavy atom. The molecule has 148 valence electrons. The molecular weight excluding hydrogens is 350 g/mol. The van der Waals surface area contributed by atoms with Gasteiger partial charge in [-0.3, -0.25) is 14.6 Å². The van der Waals surface area contributed by atoms with E-state index in [1.165, 1.54) is 0 Å². The zero-order valence-electron chi connectivity index (χ0n) is 15.5. The second kappa shape index (κ2) is 9.25. The van der Waals surface area contributed by atoms with Gasteiger partial charge in [-0.15, -0.1) is 0 Å². The fraction of sp³-hybridized carbons (Fsp3) is 0.632. The van der Waals surface area contributed by atoms with Crippen LogP contribution in [0.2, 0.25) is 0 Å². The van der Waals surface area contributed by atoms with E-state index in [-0.39, 0.29) is 49.8 Å². The van der Waals surface area contributed by atoms with E-state index in [0.717, 1.165) is 0 Å². The predicted molar refractivity (Wildman–Crippen MR) is 97.1 cm³/mol. The summed E-state index contributed by atoms with van der Waals surface area (Å²) >= 11 is 0. The van der Waals surface area contributed by atoms with Crippen LogP contribution < -0.4 is 5.32 Å². The number of hydrogen-bond acceptors (Lipinski definition) is 6. The Labute approximate surface area is 158 Å². The highest BCUT2D eigenvalue weighted by Crippen LogP contribution is 2.28. The summed E-state index contributed by atoms with van der Waals surface area (Å²) in [6, 6.07) is 4.97. The van der Waals surface area contributed by atoms with Gasteiger partial charge in [0.05, 0.1) is 37.9 Å². The number of aliphatic hydroxyl groups is 1. The van der Waals surface area contributed by atoms with Crippen LogP contribution in [-0.4, -0.2) is 77.5 Å². The molecule has 0 saturated carbocycles. The van der Waals surface area contributed by atoms with Gasteiger partial charge in [0, 0.05) is 19.3 Å². The van der Waals surface area contributed by atoms with Crippen molar-refractivity contribution in [2.75, 3.05) is 26.3 Å². The minimum atomic E-state index is -0.758. The van der Waals surface area contributed by atoms with E-state index in [1.807, 2.05) is 6.92 Å². The van der Waals surface area contributed by atoms with Gasteiger partial charge >= 0.3 is 0 Å². The van der Waals surface area contributed by atoms with Crippen molar-refractivity contribution in [3.8, 4) is 0 Å². The molecule has 2 N–H and O–H groups in total. The van der Waals surface area contributed by atoms with Crippen molar-refractivity contribution >= 4 is 11.8 Å². The number of pyridine rings is 1. The Hall–Kier alpha value is -2.03. The van der Waals surface area contributed by atoms with Crippen LogP contribution >= 0.6 is 0 Å². The van der Waals surface area contributed by atoms with Crippen LogP contribution in [0.25, 0.3) is 0 Å². The van der Waals surface area contributed by atoms with Gasteiger partial charge in [-0.05, 0) is 31.9 Å². The van der Waals surface area contributed by atoms with E-state index in [0.29, 0.717) is 31.5 Å². The van der Waals surface area contributed by atoms with Crippen LogP contribution in [0.1, 0.15) is 36.7 Å². The molecule has 0 spiro atoms. The summed E-state index contributed by atoms with van der Waals surface area (Å²) in [5.74, 6) is -0.262. The third-order valence-electron chi connectivity index (χ3n) is 4.91. The average Bonchev–Trinajstić information content (AvgIpc) is 2.65. The summed E-state index contributed by atoms with van der Waals surface area (Å²) in [5.41, 5.74) is 0.342. The maximum Gasteiger partial charge on any atom is 0.272 e. The van der Waals surface area contributed by atoms with Gasteiger partial charge in [0.25, 0.3) is 5.91 Å². The van der Waals surface area contributed by atoms with Gasteiger partial charge in [0.1, 0.15) is 11.8 Å². The van der Waals surface area contributed by atoms with Gasteiger partial charge in [0.2, 0.25) is 5.91 Å². The molecule has 8 heteroatoms. The van der Waals surface area contributed by atoms with E-state index in [2.05, 4.69) is 10.3 Å². The molecule has 0 aliphatic carbocycles. The lowest BCUT2D eigenvalue weighted by Gasteiger charge is -2.44. The van der Waals surface area contributed by atoms with Crippen LogP contribution in [-0.2, 0) is 14.3 Å². The number of nitrogens with zero attached hydrogens (tertiary/aromatic N) is 2. The van der Waals surface area contributed by atoms with E-state index in [4.69, 9.17) is 9.47 Å². The molecule has 2 aliphatic rings. The molecule has 8 nitrogen and oxygen atoms in total. The number of nitrogens with one attached hydrogen (secondary N) is 1. The quantitative estimate of drug-likeness (QED) is 0.786. The summed E-state index contributed by atoms with van der Waals surface area (Å²) in [4.78, 5) is 30.7. The highest BCUT2D eigenvalue weighted by atomic mass is 16.5. The molecule has 1 aromatic heterocycles. The number of rotatable bonds is 4. The average molecular weight is 377 g/mol. The maximum atomic E-state index is 13.0. The number of amides is 2. The van der Waals surface area contributed by atoms with E-state index < -0.39 is 6.10 Å². The number of aromatic nitrogens is 1. The first-order valence-electron chi connectivity index (χ1n) is 9.48. The molecule has 0 bridgehead atoms. The second-order valence-electron chi connectivity index (χ2n) is 6.96. The summed E-state index contributed by atoms with van der Waals surface area (Å²) in [6.07, 6.45) is 1.94. The Kier molecular flexibility index (Phi) is 6.76. The van der Waals surface area contributed by atoms with Crippen LogP contribution in [0.4, 0.5) is 0 Å². The van der Waals surface area contributed by atoms with Crippen LogP contribution in [0.15, 0.2) is 24.4 Å². The van der Waals surface area contributed by atoms with Crippen LogP contribution in [0, 0.1) is 0 Å². The fourth-order valence-electron chi connectivity index (χ4n) is 3.69. The highest BCUT2D eigenvalue weighted by molar-refractivity contribution is 5.92. The summed E-state index contributed by atoms with van der Waals surface area (Å²) in [7, 11) is 0. The lowest BCUT2D eigenvalue weighted by atomic mass is 9.94. The van der Waals surface area contributed by atoms with Gasteiger partial charge < -0.3 is 24.8 Å². The van der Waals surface area contributed by atoms with Gasteiger partial charge in [0.15, 0.2) is 0 Å². The number of carbonyl (C=O) groups excluding carboxylic acids is 2. The molecule has 3 rings (SSSR count). The maximum absolute atomic E-state index is 13.0. The Bertz CT molecular complexity index is 641. The normalized spacial score (nSPS) is 28.6. The van der Waals surface area contributed by atoms with Crippen molar-refractivity contribution in [2.45, 2.75) is 50.5 Å². The Morgan fingerprint density at radius 2 is 2.19 bits per heavy atom. The minimum absolute atomic E-state index is 0.0375. The lowest BCUT2D eigenvalue weighted by molar-refractivity contribution is -0.150. The van der Waals surface area contributed by atoms with Gasteiger partial charge in [-0.1, -0.05) is 6.07 Å². The fourth-order valence-corrected chi connectivity index (χ4v) is 3.69. The van der Waals surface area contributed by atoms with Crippen molar-refractivity contribution in [1.82, 2.24) is 15.2 Å². The summed E-state index contributed by atoms with van der Waals surface area (Å²) in [6.45, 7) is 3.05. The van der Waals surface area contributed by atoms with Crippen LogP contribution in [0.5, 0.6) is 0 Å². The smallest absolute Gasteiger partial charge is 0.272 e. The molecule has 0 radical (unpaired) electrons. The highest BCUT2D eigenvalue weighted by Gasteiger charge is 2.40. The van der Waals surface area contributed by atoms with Gasteiger partial charge in [-0.25, -0.2) is 0 Å². The first-order valence-corrected chi connectivity index (χ1v) is 9.48. The number of fused-ring (bicyclic) bond motifs is 1. The lowest BCUT2D eigenvalue weighted by Crippen LogP contribution is -2.57. The first kappa shape index (κ1) is 19.7. The third kappa shape index (κ3) is 5.03. The standard InChI is InChI=1S/C19H27N3O5/c1-2-20-18(24)9-14-6-7-16-17(27-14)12-26-11-13(23)10-22(16)19(25)15-5-3-4-8-21-15/h3-5,8,13-14,16-17,23H,2,6-7,9-12H2,1H3,(H,20,24)/t13-,14-,16-,17+/m0/s1. The van der Waals surface area contributed by atoms with Crippen molar-refractivity contribution in [3.63, 3.8) is 0 Å². The van der Waals surface area contributed by atoms with Gasteiger partial charge in [-0.2, -0.15) is 0 Å². The number of aliphatic hydroxyl groups excluding tert-OH is 1. The molecule has 27 heavy (non-hydrogen) atoms. The Morgan fingerprint density at radius 1 is 1.33 bits per heavy atom. The molecule has 0 unspecified atom stereocenters. The minimum Gasteiger partial charge on any atom is -0.389 e. The van der Waals surface area contributed by atoms with E-state index >= 15 is 0 Å². The zero-order valence-corrected chi connectivity index (χ0v) is 15.5. The number of β-amino-alcohol motifs (C(OH)–C–C–N with tert-alkyl or cyclic N) is 1. The predicted octanol–water partition coefficient (Wildman–Crippen LogP) is 0.357. The van der Waals surface area contributed by atoms with Crippen molar-refractivity contribution in [3.05, 3.63) is 30.1 Å². The third-order valence-corrected chi connectivity index (χ3v) is 4.91. The van der Waals surface area contributed by atoms with Crippen molar-refractivity contribution in [2.24, 2.45) is 0 Å². The summed E-state index contributed by atoms with van der Waals surface area (Å²) < 4.78 is 11.7. The molecule has 3 heterocycles. The molecule has 2 fully saturated rings. The van der Waals surface area contributed by atoms with Crippen molar-refractivity contribution < 1.29 is 24.2 Å². The SMILES string of the molecule is CCNC(=O)C[C@@H]1CC[C@H]2[C@@H](COC[C@@H](O)CN2C(=O)c2ccccn2)O1. The number of ether oxygens (including phenoxy) is 2. The molecule has 2 amide bonds. The monoisotopic (exact) mass is 377 g/mol. The molecule has 0 aromatic carbocycles. The first-order chi connectivity index (χ1) is 13.1. The molecule has 2 saturated heterocycles. The molecular formula is C19H27N3O5. The summed E-state index contributed by atoms with van der Waals surface area (Å²) in [5, 5.41) is 13.0.